The van der Waals surface area contributed by atoms with E-state index in [1.807, 2.05) is 36.4 Å². The molecule has 112 valence electrons. The van der Waals surface area contributed by atoms with Crippen molar-refractivity contribution in [1.29, 1.82) is 0 Å². The fourth-order valence-corrected chi connectivity index (χ4v) is 2.74. The first kappa shape index (κ1) is 16.0. The maximum Gasteiger partial charge on any atom is 0.0782 e. The molecular weight excluding hydrogens is 330 g/mol. The first-order valence-electron chi connectivity index (χ1n) is 6.99. The molecule has 0 fully saturated rings. The van der Waals surface area contributed by atoms with Gasteiger partial charge in [0.05, 0.1) is 12.7 Å². The summed E-state index contributed by atoms with van der Waals surface area (Å²) >= 11 is 3.44. The van der Waals surface area contributed by atoms with E-state index in [2.05, 4.69) is 33.0 Å². The molecular formula is C17H20BrNO2. The average Bonchev–Trinajstić information content (AvgIpc) is 2.48. The van der Waals surface area contributed by atoms with Crippen LogP contribution in [0.3, 0.4) is 0 Å². The molecule has 4 heteroatoms. The highest BCUT2D eigenvalue weighted by molar-refractivity contribution is 9.10. The molecule has 0 heterocycles. The zero-order valence-electron chi connectivity index (χ0n) is 12.0. The quantitative estimate of drug-likeness (QED) is 0.838. The molecule has 0 saturated carbocycles. The maximum absolute atomic E-state index is 10.0. The van der Waals surface area contributed by atoms with Crippen molar-refractivity contribution < 1.29 is 10.2 Å². The standard InChI is InChI=1S/C17H20BrNO2/c1-13(21)16-11-15(18)7-8-17(16)19(9-10-20)12-14-5-3-2-4-6-14/h2-8,11,13,20-21H,9-10,12H2,1H3. The van der Waals surface area contributed by atoms with Crippen molar-refractivity contribution in [3.63, 3.8) is 0 Å². The third kappa shape index (κ3) is 4.30. The molecule has 1 atom stereocenters. The van der Waals surface area contributed by atoms with E-state index in [1.54, 1.807) is 6.92 Å². The Bertz CT molecular complexity index is 572. The van der Waals surface area contributed by atoms with Gasteiger partial charge in [-0.25, -0.2) is 0 Å². The van der Waals surface area contributed by atoms with Gasteiger partial charge in [-0.3, -0.25) is 0 Å². The minimum atomic E-state index is -0.561. The second-order valence-corrected chi connectivity index (χ2v) is 5.93. The SMILES string of the molecule is CC(O)c1cc(Br)ccc1N(CCO)Cc1ccccc1. The normalized spacial score (nSPS) is 12.2. The Hall–Kier alpha value is -1.36. The van der Waals surface area contributed by atoms with Crippen LogP contribution in [0.5, 0.6) is 0 Å². The molecule has 0 spiro atoms. The van der Waals surface area contributed by atoms with Crippen LogP contribution in [0.25, 0.3) is 0 Å². The van der Waals surface area contributed by atoms with E-state index in [-0.39, 0.29) is 6.61 Å². The van der Waals surface area contributed by atoms with E-state index in [4.69, 9.17) is 0 Å². The molecule has 0 bridgehead atoms. The summed E-state index contributed by atoms with van der Waals surface area (Å²) in [6, 6.07) is 16.0. The molecule has 0 aliphatic rings. The molecule has 1 unspecified atom stereocenters. The second-order valence-electron chi connectivity index (χ2n) is 5.01. The lowest BCUT2D eigenvalue weighted by molar-refractivity contribution is 0.199. The summed E-state index contributed by atoms with van der Waals surface area (Å²) in [4.78, 5) is 2.09. The van der Waals surface area contributed by atoms with Crippen LogP contribution in [0.15, 0.2) is 53.0 Å². The van der Waals surface area contributed by atoms with Gasteiger partial charge in [0.1, 0.15) is 0 Å². The summed E-state index contributed by atoms with van der Waals surface area (Å²) in [7, 11) is 0. The fraction of sp³-hybridized carbons (Fsp3) is 0.294. The number of anilines is 1. The summed E-state index contributed by atoms with van der Waals surface area (Å²) in [5.41, 5.74) is 2.98. The van der Waals surface area contributed by atoms with E-state index < -0.39 is 6.10 Å². The molecule has 0 aliphatic carbocycles. The van der Waals surface area contributed by atoms with Crippen molar-refractivity contribution in [3.05, 3.63) is 64.1 Å². The van der Waals surface area contributed by atoms with Crippen LogP contribution in [-0.2, 0) is 6.54 Å². The van der Waals surface area contributed by atoms with Crippen LogP contribution >= 0.6 is 15.9 Å². The molecule has 2 N–H and O–H groups in total. The van der Waals surface area contributed by atoms with Crippen molar-refractivity contribution in [3.8, 4) is 0 Å². The Kier molecular flexibility index (Phi) is 5.79. The predicted octanol–water partition coefficient (Wildman–Crippen LogP) is 3.50. The Morgan fingerprint density at radius 2 is 1.86 bits per heavy atom. The number of hydrogen-bond donors (Lipinski definition) is 2. The molecule has 3 nitrogen and oxygen atoms in total. The Labute approximate surface area is 134 Å². The van der Waals surface area contributed by atoms with Gasteiger partial charge in [-0.05, 0) is 30.7 Å². The van der Waals surface area contributed by atoms with Crippen molar-refractivity contribution in [1.82, 2.24) is 0 Å². The van der Waals surface area contributed by atoms with E-state index >= 15 is 0 Å². The van der Waals surface area contributed by atoms with Crippen molar-refractivity contribution in [2.75, 3.05) is 18.1 Å². The molecule has 0 aromatic heterocycles. The summed E-state index contributed by atoms with van der Waals surface area (Å²) in [5.74, 6) is 0. The number of rotatable bonds is 6. The Morgan fingerprint density at radius 1 is 1.14 bits per heavy atom. The minimum absolute atomic E-state index is 0.0716. The summed E-state index contributed by atoms with van der Waals surface area (Å²) in [6.07, 6.45) is -0.561. The van der Waals surface area contributed by atoms with E-state index in [1.165, 1.54) is 5.56 Å². The first-order valence-corrected chi connectivity index (χ1v) is 7.78. The highest BCUT2D eigenvalue weighted by atomic mass is 79.9. The molecule has 0 saturated heterocycles. The smallest absolute Gasteiger partial charge is 0.0782 e. The molecule has 0 aliphatic heterocycles. The average molecular weight is 350 g/mol. The van der Waals surface area contributed by atoms with Gasteiger partial charge < -0.3 is 15.1 Å². The third-order valence-electron chi connectivity index (χ3n) is 3.37. The maximum atomic E-state index is 10.0. The lowest BCUT2D eigenvalue weighted by Crippen LogP contribution is -2.27. The number of aliphatic hydroxyl groups is 2. The second kappa shape index (κ2) is 7.59. The lowest BCUT2D eigenvalue weighted by atomic mass is 10.1. The van der Waals surface area contributed by atoms with Gasteiger partial charge in [0.25, 0.3) is 0 Å². The van der Waals surface area contributed by atoms with Crippen LogP contribution < -0.4 is 4.90 Å². The first-order chi connectivity index (χ1) is 10.1. The molecule has 2 rings (SSSR count). The summed E-state index contributed by atoms with van der Waals surface area (Å²) < 4.78 is 0.936. The van der Waals surface area contributed by atoms with Crippen molar-refractivity contribution in [2.45, 2.75) is 19.6 Å². The van der Waals surface area contributed by atoms with E-state index in [0.29, 0.717) is 13.1 Å². The largest absolute Gasteiger partial charge is 0.395 e. The Morgan fingerprint density at radius 3 is 2.48 bits per heavy atom. The predicted molar refractivity (Wildman–Crippen MR) is 89.4 cm³/mol. The van der Waals surface area contributed by atoms with E-state index in [0.717, 1.165) is 15.7 Å². The minimum Gasteiger partial charge on any atom is -0.395 e. The number of aliphatic hydroxyl groups excluding tert-OH is 2. The van der Waals surface area contributed by atoms with Gasteiger partial charge in [0.2, 0.25) is 0 Å². The van der Waals surface area contributed by atoms with Crippen molar-refractivity contribution >= 4 is 21.6 Å². The topological polar surface area (TPSA) is 43.7 Å². The molecule has 21 heavy (non-hydrogen) atoms. The van der Waals surface area contributed by atoms with Gasteiger partial charge in [-0.2, -0.15) is 0 Å². The van der Waals surface area contributed by atoms with Crippen LogP contribution in [-0.4, -0.2) is 23.4 Å². The van der Waals surface area contributed by atoms with E-state index in [9.17, 15) is 10.2 Å². The van der Waals surface area contributed by atoms with Gasteiger partial charge in [-0.15, -0.1) is 0 Å². The molecule has 2 aromatic rings. The molecule has 0 radical (unpaired) electrons. The number of benzene rings is 2. The Balaban J connectivity index is 2.34. The van der Waals surface area contributed by atoms with Crippen molar-refractivity contribution in [2.24, 2.45) is 0 Å². The van der Waals surface area contributed by atoms with Crippen LogP contribution in [0.2, 0.25) is 0 Å². The van der Waals surface area contributed by atoms with Gasteiger partial charge in [0.15, 0.2) is 0 Å². The van der Waals surface area contributed by atoms with Crippen LogP contribution in [0, 0.1) is 0 Å². The number of halogens is 1. The lowest BCUT2D eigenvalue weighted by Gasteiger charge is -2.27. The molecule has 0 amide bonds. The molecule has 2 aromatic carbocycles. The zero-order valence-corrected chi connectivity index (χ0v) is 13.6. The number of hydrogen-bond acceptors (Lipinski definition) is 3. The third-order valence-corrected chi connectivity index (χ3v) is 3.86. The zero-order chi connectivity index (χ0) is 15.2. The highest BCUT2D eigenvalue weighted by Crippen LogP contribution is 2.30. The number of nitrogens with zero attached hydrogens (tertiary/aromatic N) is 1. The van der Waals surface area contributed by atoms with Crippen LogP contribution in [0.1, 0.15) is 24.2 Å². The van der Waals surface area contributed by atoms with Gasteiger partial charge >= 0.3 is 0 Å². The summed E-state index contributed by atoms with van der Waals surface area (Å²) in [5, 5.41) is 19.3. The summed E-state index contributed by atoms with van der Waals surface area (Å²) in [6.45, 7) is 3.05. The van der Waals surface area contributed by atoms with Crippen LogP contribution in [0.4, 0.5) is 5.69 Å². The van der Waals surface area contributed by atoms with Gasteiger partial charge in [0, 0.05) is 28.8 Å². The monoisotopic (exact) mass is 349 g/mol. The fourth-order valence-electron chi connectivity index (χ4n) is 2.36. The van der Waals surface area contributed by atoms with Gasteiger partial charge in [-0.1, -0.05) is 46.3 Å². The highest BCUT2D eigenvalue weighted by Gasteiger charge is 2.15.